The second-order valence-electron chi connectivity index (χ2n) is 3.53. The van der Waals surface area contributed by atoms with Crippen molar-refractivity contribution in [3.63, 3.8) is 0 Å². The van der Waals surface area contributed by atoms with Crippen molar-refractivity contribution in [3.05, 3.63) is 36.5 Å². The predicted molar refractivity (Wildman–Crippen MR) is 62.4 cm³/mol. The minimum atomic E-state index is -0.212. The molecule has 2 heterocycles. The molecule has 0 aliphatic carbocycles. The number of rotatable bonds is 4. The van der Waals surface area contributed by atoms with E-state index in [4.69, 9.17) is 4.42 Å². The molecule has 88 valence electrons. The molecule has 0 spiro atoms. The Balaban J connectivity index is 2.14. The molecular weight excluding hydrogens is 218 g/mol. The van der Waals surface area contributed by atoms with Crippen molar-refractivity contribution in [2.45, 2.75) is 13.3 Å². The number of carbonyl (C=O) groups is 1. The van der Waals surface area contributed by atoms with Crippen LogP contribution in [0.3, 0.4) is 0 Å². The molecule has 5 heteroatoms. The van der Waals surface area contributed by atoms with Crippen molar-refractivity contribution >= 4 is 5.91 Å². The molecule has 17 heavy (non-hydrogen) atoms. The van der Waals surface area contributed by atoms with Gasteiger partial charge in [-0.2, -0.15) is 0 Å². The lowest BCUT2D eigenvalue weighted by atomic mass is 10.3. The van der Waals surface area contributed by atoms with Gasteiger partial charge in [-0.1, -0.05) is 6.92 Å². The van der Waals surface area contributed by atoms with Crippen molar-refractivity contribution in [1.82, 2.24) is 15.3 Å². The number of hydrogen-bond donors (Lipinski definition) is 1. The number of nitrogens with zero attached hydrogens (tertiary/aromatic N) is 2. The molecule has 0 saturated heterocycles. The van der Waals surface area contributed by atoms with Gasteiger partial charge in [0.05, 0.1) is 0 Å². The summed E-state index contributed by atoms with van der Waals surface area (Å²) in [5.41, 5.74) is 1.10. The molecule has 2 aromatic heterocycles. The minimum Gasteiger partial charge on any atom is -0.444 e. The summed E-state index contributed by atoms with van der Waals surface area (Å²) in [4.78, 5) is 19.6. The summed E-state index contributed by atoms with van der Waals surface area (Å²) in [6, 6.07) is 3.55. The smallest absolute Gasteiger partial charge is 0.273 e. The summed E-state index contributed by atoms with van der Waals surface area (Å²) in [5, 5.41) is 2.74. The lowest BCUT2D eigenvalue weighted by molar-refractivity contribution is 0.0948. The van der Waals surface area contributed by atoms with Crippen molar-refractivity contribution in [2.75, 3.05) is 6.54 Å². The fraction of sp³-hybridized carbons (Fsp3) is 0.250. The maximum Gasteiger partial charge on any atom is 0.273 e. The van der Waals surface area contributed by atoms with E-state index in [1.54, 1.807) is 24.5 Å². The van der Waals surface area contributed by atoms with Gasteiger partial charge < -0.3 is 9.73 Å². The molecule has 0 unspecified atom stereocenters. The quantitative estimate of drug-likeness (QED) is 0.872. The van der Waals surface area contributed by atoms with Gasteiger partial charge in [0.1, 0.15) is 6.26 Å². The zero-order valence-electron chi connectivity index (χ0n) is 9.51. The predicted octanol–water partition coefficient (Wildman–Crippen LogP) is 1.88. The topological polar surface area (TPSA) is 68.0 Å². The Morgan fingerprint density at radius 3 is 2.88 bits per heavy atom. The highest BCUT2D eigenvalue weighted by Gasteiger charge is 2.12. The number of hydrogen-bond acceptors (Lipinski definition) is 4. The molecule has 0 fully saturated rings. The van der Waals surface area contributed by atoms with Gasteiger partial charge in [-0.05, 0) is 18.6 Å². The van der Waals surface area contributed by atoms with Gasteiger partial charge in [0.2, 0.25) is 5.89 Å². The Labute approximate surface area is 98.9 Å². The van der Waals surface area contributed by atoms with Crippen molar-refractivity contribution < 1.29 is 9.21 Å². The molecular formula is C12H13N3O2. The van der Waals surface area contributed by atoms with Crippen LogP contribution in [0.25, 0.3) is 11.5 Å². The summed E-state index contributed by atoms with van der Waals surface area (Å²) >= 11 is 0. The van der Waals surface area contributed by atoms with Crippen LogP contribution in [0.2, 0.25) is 0 Å². The summed E-state index contributed by atoms with van der Waals surface area (Å²) in [5.74, 6) is 0.213. The number of amides is 1. The first-order chi connectivity index (χ1) is 8.31. The highest BCUT2D eigenvalue weighted by Crippen LogP contribution is 2.16. The van der Waals surface area contributed by atoms with Gasteiger partial charge in [0.15, 0.2) is 5.69 Å². The highest BCUT2D eigenvalue weighted by molar-refractivity contribution is 5.92. The second kappa shape index (κ2) is 5.25. The number of nitrogens with one attached hydrogen (secondary N) is 1. The normalized spacial score (nSPS) is 10.2. The molecule has 0 saturated carbocycles. The molecule has 1 amide bonds. The van der Waals surface area contributed by atoms with Crippen LogP contribution in [0.5, 0.6) is 0 Å². The zero-order valence-corrected chi connectivity index (χ0v) is 9.51. The molecule has 0 aliphatic heterocycles. The van der Waals surface area contributed by atoms with Crippen LogP contribution in [0.15, 0.2) is 35.2 Å². The fourth-order valence-electron chi connectivity index (χ4n) is 1.33. The van der Waals surface area contributed by atoms with E-state index in [9.17, 15) is 4.79 Å². The molecule has 5 nitrogen and oxygen atoms in total. The van der Waals surface area contributed by atoms with E-state index >= 15 is 0 Å². The minimum absolute atomic E-state index is 0.212. The fourth-order valence-corrected chi connectivity index (χ4v) is 1.33. The van der Waals surface area contributed by atoms with Crippen molar-refractivity contribution in [2.24, 2.45) is 0 Å². The van der Waals surface area contributed by atoms with E-state index in [1.165, 1.54) is 6.26 Å². The van der Waals surface area contributed by atoms with Crippen molar-refractivity contribution in [1.29, 1.82) is 0 Å². The first-order valence-electron chi connectivity index (χ1n) is 5.45. The number of carbonyl (C=O) groups excluding carboxylic acids is 1. The Morgan fingerprint density at radius 2 is 2.18 bits per heavy atom. The molecule has 0 aromatic carbocycles. The van der Waals surface area contributed by atoms with Gasteiger partial charge in [0.25, 0.3) is 5.91 Å². The van der Waals surface area contributed by atoms with Gasteiger partial charge in [-0.3, -0.25) is 9.78 Å². The summed E-state index contributed by atoms with van der Waals surface area (Å²) < 4.78 is 5.25. The van der Waals surface area contributed by atoms with Gasteiger partial charge in [-0.25, -0.2) is 4.98 Å². The van der Waals surface area contributed by atoms with Crippen LogP contribution in [-0.2, 0) is 0 Å². The third kappa shape index (κ3) is 2.69. The maximum absolute atomic E-state index is 11.6. The van der Waals surface area contributed by atoms with Gasteiger partial charge in [-0.15, -0.1) is 0 Å². The second-order valence-corrected chi connectivity index (χ2v) is 3.53. The average molecular weight is 231 g/mol. The number of pyridine rings is 1. The van der Waals surface area contributed by atoms with E-state index in [1.807, 2.05) is 6.92 Å². The average Bonchev–Trinajstić information content (AvgIpc) is 2.86. The first kappa shape index (κ1) is 11.3. The van der Waals surface area contributed by atoms with E-state index in [0.29, 0.717) is 18.1 Å². The largest absolute Gasteiger partial charge is 0.444 e. The Morgan fingerprint density at radius 1 is 1.41 bits per heavy atom. The number of aromatic nitrogens is 2. The Kier molecular flexibility index (Phi) is 3.49. The monoisotopic (exact) mass is 231 g/mol. The summed E-state index contributed by atoms with van der Waals surface area (Å²) in [7, 11) is 0. The van der Waals surface area contributed by atoms with Crippen LogP contribution in [0, 0.1) is 0 Å². The van der Waals surface area contributed by atoms with Crippen LogP contribution >= 0.6 is 0 Å². The third-order valence-corrected chi connectivity index (χ3v) is 2.20. The molecule has 0 bridgehead atoms. The van der Waals surface area contributed by atoms with E-state index in [-0.39, 0.29) is 5.91 Å². The van der Waals surface area contributed by atoms with Crippen LogP contribution < -0.4 is 5.32 Å². The molecule has 1 N–H and O–H groups in total. The SMILES string of the molecule is CCCNC(=O)c1coc(-c2ccncc2)n1. The van der Waals surface area contributed by atoms with Crippen LogP contribution in [-0.4, -0.2) is 22.4 Å². The summed E-state index contributed by atoms with van der Waals surface area (Å²) in [6.07, 6.45) is 5.55. The lowest BCUT2D eigenvalue weighted by Crippen LogP contribution is -2.24. The highest BCUT2D eigenvalue weighted by atomic mass is 16.3. The van der Waals surface area contributed by atoms with Crippen LogP contribution in [0.4, 0.5) is 0 Å². The van der Waals surface area contributed by atoms with Gasteiger partial charge in [0, 0.05) is 24.5 Å². The van der Waals surface area contributed by atoms with E-state index < -0.39 is 0 Å². The maximum atomic E-state index is 11.6. The lowest BCUT2D eigenvalue weighted by Gasteiger charge is -1.97. The van der Waals surface area contributed by atoms with Gasteiger partial charge >= 0.3 is 0 Å². The third-order valence-electron chi connectivity index (χ3n) is 2.20. The summed E-state index contributed by atoms with van der Waals surface area (Å²) in [6.45, 7) is 2.63. The van der Waals surface area contributed by atoms with E-state index in [2.05, 4.69) is 15.3 Å². The standard InChI is InChI=1S/C12H13N3O2/c1-2-5-14-11(16)10-8-17-12(15-10)9-3-6-13-7-4-9/h3-4,6-8H,2,5H2,1H3,(H,14,16). The molecule has 0 radical (unpaired) electrons. The van der Waals surface area contributed by atoms with Crippen molar-refractivity contribution in [3.8, 4) is 11.5 Å². The zero-order chi connectivity index (χ0) is 12.1. The molecule has 2 rings (SSSR count). The number of oxazole rings is 1. The Bertz CT molecular complexity index is 493. The molecule has 0 atom stereocenters. The molecule has 2 aromatic rings. The molecule has 0 aliphatic rings. The Hall–Kier alpha value is -2.17. The van der Waals surface area contributed by atoms with Crippen LogP contribution in [0.1, 0.15) is 23.8 Å². The van der Waals surface area contributed by atoms with E-state index in [0.717, 1.165) is 12.0 Å². The first-order valence-corrected chi connectivity index (χ1v) is 5.45.